The molecule has 1 heterocycles. The normalized spacial score (nSPS) is 13.4. The number of carboxylic acid groups (broad SMARTS) is 1. The molecule has 22 heavy (non-hydrogen) atoms. The van der Waals surface area contributed by atoms with Crippen molar-refractivity contribution in [2.75, 3.05) is 7.11 Å². The second-order valence-corrected chi connectivity index (χ2v) is 4.86. The molecular formula is C16H17NO5. The van der Waals surface area contributed by atoms with Crippen LogP contribution in [0.1, 0.15) is 28.8 Å². The van der Waals surface area contributed by atoms with Crippen LogP contribution in [0.3, 0.4) is 0 Å². The van der Waals surface area contributed by atoms with Gasteiger partial charge in [-0.3, -0.25) is 4.79 Å². The number of nitrogens with one attached hydrogen (secondary N) is 1. The van der Waals surface area contributed by atoms with Gasteiger partial charge in [0.15, 0.2) is 5.60 Å². The summed E-state index contributed by atoms with van der Waals surface area (Å²) >= 11 is 0. The van der Waals surface area contributed by atoms with Crippen LogP contribution in [0.15, 0.2) is 46.9 Å². The highest BCUT2D eigenvalue weighted by Crippen LogP contribution is 2.24. The maximum Gasteiger partial charge on any atom is 0.371 e. The van der Waals surface area contributed by atoms with Gasteiger partial charge in [-0.25, -0.2) is 4.79 Å². The molecule has 6 heteroatoms. The van der Waals surface area contributed by atoms with Crippen molar-refractivity contribution < 1.29 is 23.8 Å². The number of hydrogen-bond acceptors (Lipinski definition) is 4. The van der Waals surface area contributed by atoms with Gasteiger partial charge in [0, 0.05) is 7.11 Å². The largest absolute Gasteiger partial charge is 0.475 e. The van der Waals surface area contributed by atoms with E-state index in [0.717, 1.165) is 5.56 Å². The summed E-state index contributed by atoms with van der Waals surface area (Å²) in [5.74, 6) is -1.29. The van der Waals surface area contributed by atoms with E-state index < -0.39 is 11.6 Å². The van der Waals surface area contributed by atoms with Crippen molar-refractivity contribution in [2.24, 2.45) is 0 Å². The maximum absolute atomic E-state index is 12.4. The number of aromatic carboxylic acids is 1. The van der Waals surface area contributed by atoms with E-state index in [1.807, 2.05) is 18.2 Å². The van der Waals surface area contributed by atoms with E-state index >= 15 is 0 Å². The summed E-state index contributed by atoms with van der Waals surface area (Å²) in [6.45, 7) is 1.75. The third-order valence-corrected chi connectivity index (χ3v) is 3.46. The molecule has 0 aliphatic heterocycles. The van der Waals surface area contributed by atoms with E-state index in [0.29, 0.717) is 5.76 Å². The van der Waals surface area contributed by atoms with E-state index in [-0.39, 0.29) is 18.2 Å². The average molecular weight is 303 g/mol. The molecule has 1 aromatic heterocycles. The third-order valence-electron chi connectivity index (χ3n) is 3.46. The molecule has 0 spiro atoms. The van der Waals surface area contributed by atoms with Crippen LogP contribution >= 0.6 is 0 Å². The van der Waals surface area contributed by atoms with Crippen molar-refractivity contribution in [2.45, 2.75) is 19.1 Å². The number of hydrogen-bond donors (Lipinski definition) is 2. The molecule has 0 aliphatic rings. The molecule has 0 saturated carbocycles. The molecule has 2 aromatic rings. The number of benzene rings is 1. The molecule has 1 unspecified atom stereocenters. The Morgan fingerprint density at radius 2 is 1.91 bits per heavy atom. The van der Waals surface area contributed by atoms with Gasteiger partial charge in [-0.05, 0) is 24.6 Å². The summed E-state index contributed by atoms with van der Waals surface area (Å²) in [6.07, 6.45) is 0. The molecule has 0 saturated heterocycles. The Kier molecular flexibility index (Phi) is 4.62. The average Bonchev–Trinajstić information content (AvgIpc) is 3.02. The minimum absolute atomic E-state index is 0.0812. The van der Waals surface area contributed by atoms with Crippen LogP contribution in [0.5, 0.6) is 0 Å². The van der Waals surface area contributed by atoms with Crippen molar-refractivity contribution in [1.29, 1.82) is 0 Å². The van der Waals surface area contributed by atoms with E-state index in [2.05, 4.69) is 5.32 Å². The summed E-state index contributed by atoms with van der Waals surface area (Å²) in [4.78, 5) is 23.2. The maximum atomic E-state index is 12.4. The number of furan rings is 1. The van der Waals surface area contributed by atoms with Crippen molar-refractivity contribution in [1.82, 2.24) is 5.32 Å². The Morgan fingerprint density at radius 3 is 2.45 bits per heavy atom. The standard InChI is InChI=1S/C16H17NO5/c1-16(21-2,11-6-4-3-5-7-11)15(20)17-10-12-8-9-13(22-12)14(18)19/h3-9H,10H2,1-2H3,(H,17,20)(H,18,19). The highest BCUT2D eigenvalue weighted by Gasteiger charge is 2.35. The second kappa shape index (κ2) is 6.44. The molecule has 0 fully saturated rings. The molecule has 1 atom stereocenters. The van der Waals surface area contributed by atoms with Crippen LogP contribution < -0.4 is 5.32 Å². The number of amides is 1. The van der Waals surface area contributed by atoms with Gasteiger partial charge in [0.1, 0.15) is 5.76 Å². The highest BCUT2D eigenvalue weighted by atomic mass is 16.5. The van der Waals surface area contributed by atoms with Gasteiger partial charge in [-0.1, -0.05) is 30.3 Å². The number of carbonyl (C=O) groups excluding carboxylic acids is 1. The Bertz CT molecular complexity index is 664. The minimum Gasteiger partial charge on any atom is -0.475 e. The van der Waals surface area contributed by atoms with Crippen molar-refractivity contribution in [3.63, 3.8) is 0 Å². The third kappa shape index (κ3) is 3.17. The molecule has 2 N–H and O–H groups in total. The van der Waals surface area contributed by atoms with E-state index in [1.54, 1.807) is 19.1 Å². The first-order valence-corrected chi connectivity index (χ1v) is 6.68. The van der Waals surface area contributed by atoms with Gasteiger partial charge in [0.05, 0.1) is 6.54 Å². The Hall–Kier alpha value is -2.60. The lowest BCUT2D eigenvalue weighted by molar-refractivity contribution is -0.142. The van der Waals surface area contributed by atoms with Crippen LogP contribution in [0.25, 0.3) is 0 Å². The number of rotatable bonds is 6. The fourth-order valence-corrected chi connectivity index (χ4v) is 2.02. The minimum atomic E-state index is -1.15. The lowest BCUT2D eigenvalue weighted by Crippen LogP contribution is -2.43. The van der Waals surface area contributed by atoms with Gasteiger partial charge in [-0.15, -0.1) is 0 Å². The van der Waals surface area contributed by atoms with Gasteiger partial charge in [0.2, 0.25) is 5.76 Å². The van der Waals surface area contributed by atoms with Gasteiger partial charge < -0.3 is 19.6 Å². The SMILES string of the molecule is COC(C)(C(=O)NCc1ccc(C(=O)O)o1)c1ccccc1. The molecular weight excluding hydrogens is 286 g/mol. The molecule has 0 radical (unpaired) electrons. The lowest BCUT2D eigenvalue weighted by atomic mass is 9.95. The number of methoxy groups -OCH3 is 1. The van der Waals surface area contributed by atoms with Crippen LogP contribution in [0.2, 0.25) is 0 Å². The smallest absolute Gasteiger partial charge is 0.371 e. The zero-order valence-electron chi connectivity index (χ0n) is 12.3. The zero-order valence-corrected chi connectivity index (χ0v) is 12.3. The predicted octanol–water partition coefficient (Wildman–Crippen LogP) is 2.16. The summed E-state index contributed by atoms with van der Waals surface area (Å²) in [6, 6.07) is 12.0. The zero-order chi connectivity index (χ0) is 16.2. The molecule has 6 nitrogen and oxygen atoms in total. The van der Waals surface area contributed by atoms with Crippen LogP contribution in [0.4, 0.5) is 0 Å². The second-order valence-electron chi connectivity index (χ2n) is 4.86. The topological polar surface area (TPSA) is 88.8 Å². The first-order valence-electron chi connectivity index (χ1n) is 6.68. The van der Waals surface area contributed by atoms with E-state index in [4.69, 9.17) is 14.3 Å². The van der Waals surface area contributed by atoms with Crippen molar-refractivity contribution in [3.8, 4) is 0 Å². The lowest BCUT2D eigenvalue weighted by Gasteiger charge is -2.27. The molecule has 2 rings (SSSR count). The predicted molar refractivity (Wildman–Crippen MR) is 78.3 cm³/mol. The molecule has 1 aromatic carbocycles. The molecule has 1 amide bonds. The summed E-state index contributed by atoms with van der Waals surface area (Å²) in [7, 11) is 1.46. The van der Waals surface area contributed by atoms with Gasteiger partial charge in [-0.2, -0.15) is 0 Å². The summed E-state index contributed by atoms with van der Waals surface area (Å²) in [5, 5.41) is 11.5. The van der Waals surface area contributed by atoms with Gasteiger partial charge in [0.25, 0.3) is 5.91 Å². The number of ether oxygens (including phenoxy) is 1. The molecule has 0 bridgehead atoms. The fraction of sp³-hybridized carbons (Fsp3) is 0.250. The van der Waals surface area contributed by atoms with Crippen LogP contribution in [-0.4, -0.2) is 24.1 Å². The first kappa shape index (κ1) is 15.8. The van der Waals surface area contributed by atoms with E-state index in [1.165, 1.54) is 19.2 Å². The Balaban J connectivity index is 2.08. The van der Waals surface area contributed by atoms with Crippen LogP contribution in [-0.2, 0) is 21.7 Å². The Morgan fingerprint density at radius 1 is 1.23 bits per heavy atom. The number of carbonyl (C=O) groups is 2. The van der Waals surface area contributed by atoms with E-state index in [9.17, 15) is 9.59 Å². The quantitative estimate of drug-likeness (QED) is 0.853. The summed E-state index contributed by atoms with van der Waals surface area (Å²) in [5.41, 5.74) is -0.413. The van der Waals surface area contributed by atoms with Crippen molar-refractivity contribution >= 4 is 11.9 Å². The number of carboxylic acids is 1. The highest BCUT2D eigenvalue weighted by molar-refractivity contribution is 5.86. The molecule has 0 aliphatic carbocycles. The first-order chi connectivity index (χ1) is 10.5. The summed E-state index contributed by atoms with van der Waals surface area (Å²) < 4.78 is 10.5. The Labute approximate surface area is 127 Å². The monoisotopic (exact) mass is 303 g/mol. The van der Waals surface area contributed by atoms with Crippen molar-refractivity contribution in [3.05, 3.63) is 59.5 Å². The fourth-order valence-electron chi connectivity index (χ4n) is 2.02. The van der Waals surface area contributed by atoms with Crippen LogP contribution in [0, 0.1) is 0 Å². The molecule has 116 valence electrons. The van der Waals surface area contributed by atoms with Gasteiger partial charge >= 0.3 is 5.97 Å².